The van der Waals surface area contributed by atoms with Crippen molar-refractivity contribution < 1.29 is 32.8 Å². The van der Waals surface area contributed by atoms with Gasteiger partial charge in [-0.05, 0) is 6.92 Å². The molecule has 0 aliphatic rings. The number of hydrogen-bond donors (Lipinski definition) is 6. The summed E-state index contributed by atoms with van der Waals surface area (Å²) in [5, 5.41) is 15.5. The van der Waals surface area contributed by atoms with Gasteiger partial charge in [0.15, 0.2) is 0 Å². The SMILES string of the molecule is CC(N)C(=O)O.NCC(=O)O.NCCS(=O)(=O)O. The summed E-state index contributed by atoms with van der Waals surface area (Å²) >= 11 is 0. The molecule has 0 aromatic rings. The van der Waals surface area contributed by atoms with Crippen LogP contribution in [0.15, 0.2) is 0 Å². The standard InChI is InChI=1S/C3H7NO2.C2H7NO3S.C2H5NO2/c1-2(4)3(5)6;3-1-2-7(4,5)6;3-1-2(4)5/h2H,4H2,1H3,(H,5,6);1-3H2,(H,4,5,6);1,3H2,(H,4,5). The number of carboxylic acid groups (broad SMARTS) is 2. The van der Waals surface area contributed by atoms with Gasteiger partial charge in [-0.15, -0.1) is 0 Å². The Morgan fingerprint density at radius 2 is 1.50 bits per heavy atom. The highest BCUT2D eigenvalue weighted by atomic mass is 32.2. The molecule has 0 aliphatic heterocycles. The molecule has 0 aromatic carbocycles. The molecule has 0 spiro atoms. The van der Waals surface area contributed by atoms with Gasteiger partial charge >= 0.3 is 11.9 Å². The van der Waals surface area contributed by atoms with Crippen molar-refractivity contribution >= 4 is 22.1 Å². The van der Waals surface area contributed by atoms with Crippen LogP contribution in [0.25, 0.3) is 0 Å². The first kappa shape index (κ1) is 22.0. The van der Waals surface area contributed by atoms with Crippen molar-refractivity contribution in [1.29, 1.82) is 0 Å². The van der Waals surface area contributed by atoms with Crippen LogP contribution in [0.3, 0.4) is 0 Å². The van der Waals surface area contributed by atoms with Crippen molar-refractivity contribution in [2.75, 3.05) is 18.8 Å². The maximum absolute atomic E-state index is 9.71. The number of aliphatic carboxylic acids is 2. The molecule has 10 nitrogen and oxygen atoms in total. The molecule has 110 valence electrons. The van der Waals surface area contributed by atoms with Gasteiger partial charge in [-0.2, -0.15) is 8.42 Å². The summed E-state index contributed by atoms with van der Waals surface area (Å²) in [7, 11) is -3.80. The van der Waals surface area contributed by atoms with Crippen LogP contribution in [0.5, 0.6) is 0 Å². The summed E-state index contributed by atoms with van der Waals surface area (Å²) in [4.78, 5) is 18.8. The molecule has 0 aromatic heterocycles. The van der Waals surface area contributed by atoms with Crippen molar-refractivity contribution in [3.05, 3.63) is 0 Å². The third kappa shape index (κ3) is 36.4. The Balaban J connectivity index is -0.000000190. The maximum atomic E-state index is 9.71. The Bertz CT molecular complexity index is 328. The first-order valence-electron chi connectivity index (χ1n) is 4.53. The molecular weight excluding hydrogens is 270 g/mol. The van der Waals surface area contributed by atoms with Crippen molar-refractivity contribution in [3.63, 3.8) is 0 Å². The molecule has 0 rings (SSSR count). The molecule has 0 saturated heterocycles. The van der Waals surface area contributed by atoms with Gasteiger partial charge < -0.3 is 27.4 Å². The molecule has 0 amide bonds. The summed E-state index contributed by atoms with van der Waals surface area (Å²) in [5.41, 5.74) is 14.2. The van der Waals surface area contributed by atoms with E-state index >= 15 is 0 Å². The number of hydrogen-bond acceptors (Lipinski definition) is 7. The quantitative estimate of drug-likeness (QED) is 0.294. The number of nitrogens with two attached hydrogens (primary N) is 3. The lowest BCUT2D eigenvalue weighted by atomic mass is 10.4. The first-order chi connectivity index (χ1) is 7.97. The number of carbonyl (C=O) groups is 2. The fourth-order valence-electron chi connectivity index (χ4n) is 0.149. The normalized spacial score (nSPS) is 11.2. The Labute approximate surface area is 105 Å². The van der Waals surface area contributed by atoms with Crippen LogP contribution < -0.4 is 17.2 Å². The van der Waals surface area contributed by atoms with Crippen LogP contribution in [0.1, 0.15) is 6.92 Å². The molecular formula is C7H19N3O7S. The molecule has 11 heteroatoms. The van der Waals surface area contributed by atoms with Crippen LogP contribution in [0.2, 0.25) is 0 Å². The fourth-order valence-corrected chi connectivity index (χ4v) is 0.447. The molecule has 0 aliphatic carbocycles. The van der Waals surface area contributed by atoms with E-state index in [1.165, 1.54) is 6.92 Å². The Kier molecular flexibility index (Phi) is 14.9. The van der Waals surface area contributed by atoms with Crippen molar-refractivity contribution in [2.24, 2.45) is 17.2 Å². The van der Waals surface area contributed by atoms with Gasteiger partial charge in [0.05, 0.1) is 12.3 Å². The zero-order valence-corrected chi connectivity index (χ0v) is 10.6. The number of rotatable bonds is 4. The second kappa shape index (κ2) is 12.2. The highest BCUT2D eigenvalue weighted by Crippen LogP contribution is 1.74. The number of carboxylic acids is 2. The van der Waals surface area contributed by atoms with Crippen molar-refractivity contribution in [1.82, 2.24) is 0 Å². The molecule has 1 unspecified atom stereocenters. The summed E-state index contributed by atoms with van der Waals surface area (Å²) in [6, 6.07) is -0.731. The average molecular weight is 289 g/mol. The van der Waals surface area contributed by atoms with Crippen LogP contribution in [-0.4, -0.2) is 60.0 Å². The minimum atomic E-state index is -3.80. The predicted octanol–water partition coefficient (Wildman–Crippen LogP) is -2.72. The van der Waals surface area contributed by atoms with Crippen molar-refractivity contribution in [3.8, 4) is 0 Å². The molecule has 0 bridgehead atoms. The predicted molar refractivity (Wildman–Crippen MR) is 63.4 cm³/mol. The third-order valence-electron chi connectivity index (χ3n) is 0.940. The average Bonchev–Trinajstić information content (AvgIpc) is 2.17. The summed E-state index contributed by atoms with van der Waals surface area (Å²) in [6.45, 7) is 1.11. The maximum Gasteiger partial charge on any atom is 0.320 e. The molecule has 1 atom stereocenters. The zero-order valence-electron chi connectivity index (χ0n) is 9.81. The Morgan fingerprint density at radius 1 is 1.22 bits per heavy atom. The van der Waals surface area contributed by atoms with Gasteiger partial charge in [0.25, 0.3) is 10.1 Å². The third-order valence-corrected chi connectivity index (χ3v) is 1.69. The van der Waals surface area contributed by atoms with E-state index in [0.717, 1.165) is 0 Å². The van der Waals surface area contributed by atoms with Gasteiger partial charge in [0.2, 0.25) is 0 Å². The van der Waals surface area contributed by atoms with Gasteiger partial charge in [-0.1, -0.05) is 0 Å². The van der Waals surface area contributed by atoms with E-state index in [1.54, 1.807) is 0 Å². The lowest BCUT2D eigenvalue weighted by molar-refractivity contribution is -0.138. The minimum absolute atomic E-state index is 0.0289. The summed E-state index contributed by atoms with van der Waals surface area (Å²) in [5.74, 6) is -2.28. The lowest BCUT2D eigenvalue weighted by Gasteiger charge is -1.90. The van der Waals surface area contributed by atoms with E-state index in [2.05, 4.69) is 5.73 Å². The van der Waals surface area contributed by atoms with E-state index in [-0.39, 0.29) is 18.8 Å². The van der Waals surface area contributed by atoms with Crippen LogP contribution in [-0.2, 0) is 19.7 Å². The van der Waals surface area contributed by atoms with Crippen LogP contribution in [0, 0.1) is 0 Å². The van der Waals surface area contributed by atoms with Crippen molar-refractivity contribution in [2.45, 2.75) is 13.0 Å². The highest BCUT2D eigenvalue weighted by Gasteiger charge is 1.99. The lowest BCUT2D eigenvalue weighted by Crippen LogP contribution is -2.25. The van der Waals surface area contributed by atoms with E-state index in [4.69, 9.17) is 26.2 Å². The van der Waals surface area contributed by atoms with E-state index < -0.39 is 28.1 Å². The minimum Gasteiger partial charge on any atom is -0.480 e. The molecule has 0 radical (unpaired) electrons. The summed E-state index contributed by atoms with van der Waals surface area (Å²) < 4.78 is 27.3. The molecule has 18 heavy (non-hydrogen) atoms. The first-order valence-corrected chi connectivity index (χ1v) is 6.14. The molecule has 0 heterocycles. The van der Waals surface area contributed by atoms with E-state index in [0.29, 0.717) is 0 Å². The zero-order chi connectivity index (χ0) is 15.4. The van der Waals surface area contributed by atoms with Gasteiger partial charge in [-0.3, -0.25) is 14.1 Å². The van der Waals surface area contributed by atoms with Gasteiger partial charge in [0.1, 0.15) is 6.04 Å². The highest BCUT2D eigenvalue weighted by molar-refractivity contribution is 7.85. The second-order valence-corrected chi connectivity index (χ2v) is 4.37. The van der Waals surface area contributed by atoms with Gasteiger partial charge in [-0.25, -0.2) is 0 Å². The molecule has 0 fully saturated rings. The smallest absolute Gasteiger partial charge is 0.320 e. The van der Waals surface area contributed by atoms with Crippen LogP contribution >= 0.6 is 0 Å². The topological polar surface area (TPSA) is 207 Å². The van der Waals surface area contributed by atoms with E-state index in [9.17, 15) is 18.0 Å². The fraction of sp³-hybridized carbons (Fsp3) is 0.714. The van der Waals surface area contributed by atoms with Gasteiger partial charge in [0, 0.05) is 6.54 Å². The van der Waals surface area contributed by atoms with Crippen LogP contribution in [0.4, 0.5) is 0 Å². The Hall–Kier alpha value is -1.27. The largest absolute Gasteiger partial charge is 0.480 e. The summed E-state index contributed by atoms with van der Waals surface area (Å²) in [6.07, 6.45) is 0. The molecule has 9 N–H and O–H groups in total. The second-order valence-electron chi connectivity index (χ2n) is 2.80. The van der Waals surface area contributed by atoms with E-state index in [1.807, 2.05) is 0 Å². The molecule has 0 saturated carbocycles. The monoisotopic (exact) mass is 289 g/mol. The Morgan fingerprint density at radius 3 is 1.50 bits per heavy atom.